The van der Waals surface area contributed by atoms with Crippen molar-refractivity contribution in [2.24, 2.45) is 0 Å². The van der Waals surface area contributed by atoms with Gasteiger partial charge in [-0.15, -0.1) is 0 Å². The smallest absolute Gasteiger partial charge is 0.294 e. The van der Waals surface area contributed by atoms with Gasteiger partial charge in [-0.3, -0.25) is 14.9 Å². The summed E-state index contributed by atoms with van der Waals surface area (Å²) in [5, 5.41) is 3.16. The predicted octanol–water partition coefficient (Wildman–Crippen LogP) is -0.0294. The van der Waals surface area contributed by atoms with Crippen LogP contribution in [0.1, 0.15) is 25.7 Å². The Hall–Kier alpha value is -0.900. The lowest BCUT2D eigenvalue weighted by Crippen LogP contribution is -2.51. The number of hydrogen-bond acceptors (Lipinski definition) is 4. The van der Waals surface area contributed by atoms with E-state index in [0.717, 1.165) is 12.8 Å². The van der Waals surface area contributed by atoms with Crippen molar-refractivity contribution in [1.82, 2.24) is 5.32 Å². The van der Waals surface area contributed by atoms with E-state index in [4.69, 9.17) is 4.74 Å². The van der Waals surface area contributed by atoms with Gasteiger partial charge in [-0.25, -0.2) is 0 Å². The van der Waals surface area contributed by atoms with E-state index in [-0.39, 0.29) is 11.8 Å². The number of nitrogens with one attached hydrogen (secondary N) is 1. The first kappa shape index (κ1) is 7.73. The molecular weight excluding hydrogens is 158 g/mol. The molecule has 2 aliphatic rings. The van der Waals surface area contributed by atoms with E-state index in [2.05, 4.69) is 5.32 Å². The minimum atomic E-state index is -0.651. The molecule has 1 N–H and O–H groups in total. The van der Waals surface area contributed by atoms with Crippen molar-refractivity contribution in [3.05, 3.63) is 0 Å². The Morgan fingerprint density at radius 3 is 3.25 bits per heavy atom. The van der Waals surface area contributed by atoms with E-state index < -0.39 is 5.72 Å². The molecule has 4 heteroatoms. The van der Waals surface area contributed by atoms with Gasteiger partial charge in [-0.2, -0.15) is 0 Å². The molecule has 0 aromatic carbocycles. The zero-order valence-electron chi connectivity index (χ0n) is 6.71. The van der Waals surface area contributed by atoms with Crippen molar-refractivity contribution >= 4 is 12.3 Å². The van der Waals surface area contributed by atoms with Crippen molar-refractivity contribution in [2.75, 3.05) is 0 Å². The molecule has 0 radical (unpaired) electrons. The van der Waals surface area contributed by atoms with Gasteiger partial charge >= 0.3 is 0 Å². The summed E-state index contributed by atoms with van der Waals surface area (Å²) in [5.74, 6) is 0.193. The van der Waals surface area contributed by atoms with Gasteiger partial charge in [0.1, 0.15) is 5.78 Å². The highest BCUT2D eigenvalue weighted by Crippen LogP contribution is 2.34. The van der Waals surface area contributed by atoms with E-state index in [0.29, 0.717) is 19.3 Å². The Balaban J connectivity index is 2.15. The number of Topliss-reactive ketones (excluding diaryl/α,β-unsaturated/α-hetero) is 1. The molecule has 0 aromatic heterocycles. The molecule has 12 heavy (non-hydrogen) atoms. The summed E-state index contributed by atoms with van der Waals surface area (Å²) >= 11 is 0. The lowest BCUT2D eigenvalue weighted by Gasteiger charge is -2.31. The maximum Gasteiger partial charge on any atom is 0.294 e. The highest BCUT2D eigenvalue weighted by molar-refractivity contribution is 5.81. The van der Waals surface area contributed by atoms with Crippen LogP contribution in [-0.2, 0) is 14.3 Å². The van der Waals surface area contributed by atoms with Gasteiger partial charge in [0.05, 0.1) is 6.42 Å². The minimum Gasteiger partial charge on any atom is -0.446 e. The highest BCUT2D eigenvalue weighted by Gasteiger charge is 2.46. The largest absolute Gasteiger partial charge is 0.446 e. The fourth-order valence-electron chi connectivity index (χ4n) is 2.11. The zero-order valence-corrected chi connectivity index (χ0v) is 6.71. The molecule has 2 saturated heterocycles. The van der Waals surface area contributed by atoms with Gasteiger partial charge in [0.25, 0.3) is 6.47 Å². The van der Waals surface area contributed by atoms with E-state index in [9.17, 15) is 9.59 Å². The molecule has 2 bridgehead atoms. The summed E-state index contributed by atoms with van der Waals surface area (Å²) in [6.07, 6.45) is 2.62. The number of hydrogen-bond donors (Lipinski definition) is 1. The molecule has 66 valence electrons. The molecule has 0 aliphatic carbocycles. The summed E-state index contributed by atoms with van der Waals surface area (Å²) < 4.78 is 4.92. The quantitative estimate of drug-likeness (QED) is 0.590. The normalized spacial score (nSPS) is 39.7. The highest BCUT2D eigenvalue weighted by atomic mass is 16.6. The van der Waals surface area contributed by atoms with E-state index in [1.54, 1.807) is 0 Å². The lowest BCUT2D eigenvalue weighted by atomic mass is 10.0. The van der Waals surface area contributed by atoms with Crippen molar-refractivity contribution in [3.63, 3.8) is 0 Å². The van der Waals surface area contributed by atoms with Gasteiger partial charge in [0, 0.05) is 18.9 Å². The fraction of sp³-hybridized carbons (Fsp3) is 0.750. The zero-order chi connectivity index (χ0) is 8.60. The monoisotopic (exact) mass is 169 g/mol. The van der Waals surface area contributed by atoms with Crippen LogP contribution in [-0.4, -0.2) is 24.0 Å². The molecule has 0 saturated carbocycles. The average Bonchev–Trinajstić information content (AvgIpc) is 2.27. The maximum absolute atomic E-state index is 11.2. The van der Waals surface area contributed by atoms with Gasteiger partial charge in [-0.1, -0.05) is 0 Å². The van der Waals surface area contributed by atoms with Crippen LogP contribution in [0.5, 0.6) is 0 Å². The third kappa shape index (κ3) is 1.12. The summed E-state index contributed by atoms with van der Waals surface area (Å²) in [7, 11) is 0. The molecule has 2 fully saturated rings. The predicted molar refractivity (Wildman–Crippen MR) is 40.3 cm³/mol. The lowest BCUT2D eigenvalue weighted by molar-refractivity contribution is -0.151. The van der Waals surface area contributed by atoms with Crippen LogP contribution in [0.2, 0.25) is 0 Å². The third-order valence-electron chi connectivity index (χ3n) is 2.59. The first-order valence-electron chi connectivity index (χ1n) is 4.15. The average molecular weight is 169 g/mol. The Morgan fingerprint density at radius 2 is 2.50 bits per heavy atom. The van der Waals surface area contributed by atoms with Gasteiger partial charge in [0.2, 0.25) is 0 Å². The summed E-state index contributed by atoms with van der Waals surface area (Å²) in [6, 6.07) is 0.228. The number of ketones is 1. The van der Waals surface area contributed by atoms with Crippen LogP contribution in [0.25, 0.3) is 0 Å². The summed E-state index contributed by atoms with van der Waals surface area (Å²) in [5.41, 5.74) is -0.651. The first-order valence-corrected chi connectivity index (χ1v) is 4.15. The maximum atomic E-state index is 11.2. The minimum absolute atomic E-state index is 0.193. The molecule has 0 amide bonds. The molecule has 2 aliphatic heterocycles. The van der Waals surface area contributed by atoms with Gasteiger partial charge < -0.3 is 4.74 Å². The molecule has 0 spiro atoms. The Labute approximate surface area is 70.3 Å². The van der Waals surface area contributed by atoms with E-state index in [1.807, 2.05) is 0 Å². The van der Waals surface area contributed by atoms with Crippen LogP contribution in [0.15, 0.2) is 0 Å². The van der Waals surface area contributed by atoms with Gasteiger partial charge in [-0.05, 0) is 6.42 Å². The molecule has 4 nitrogen and oxygen atoms in total. The standard InChI is InChI=1S/C8H11NO3/c10-5-12-8-2-1-6(9-8)3-7(11)4-8/h5-6,9H,1-4H2. The second-order valence-electron chi connectivity index (χ2n) is 3.51. The Bertz CT molecular complexity index is 228. The summed E-state index contributed by atoms with van der Waals surface area (Å²) in [6.45, 7) is 0.425. The van der Waals surface area contributed by atoms with Crippen molar-refractivity contribution in [1.29, 1.82) is 0 Å². The molecular formula is C8H11NO3. The van der Waals surface area contributed by atoms with Crippen LogP contribution >= 0.6 is 0 Å². The number of fused-ring (bicyclic) bond motifs is 2. The van der Waals surface area contributed by atoms with Crippen LogP contribution < -0.4 is 5.32 Å². The van der Waals surface area contributed by atoms with Crippen LogP contribution in [0.4, 0.5) is 0 Å². The molecule has 2 heterocycles. The number of rotatable bonds is 2. The SMILES string of the molecule is O=COC12CCC(CC(=O)C1)N2. The van der Waals surface area contributed by atoms with Gasteiger partial charge in [0.15, 0.2) is 5.72 Å². The molecule has 2 rings (SSSR count). The third-order valence-corrected chi connectivity index (χ3v) is 2.59. The molecule has 0 aromatic rings. The number of piperidine rings is 1. The fourth-order valence-corrected chi connectivity index (χ4v) is 2.11. The molecule has 2 unspecified atom stereocenters. The Morgan fingerprint density at radius 1 is 1.67 bits per heavy atom. The second-order valence-corrected chi connectivity index (χ2v) is 3.51. The van der Waals surface area contributed by atoms with Crippen LogP contribution in [0, 0.1) is 0 Å². The summed E-state index contributed by atoms with van der Waals surface area (Å²) in [4.78, 5) is 21.4. The van der Waals surface area contributed by atoms with Crippen molar-refractivity contribution in [3.8, 4) is 0 Å². The van der Waals surface area contributed by atoms with Crippen molar-refractivity contribution < 1.29 is 14.3 Å². The Kier molecular flexibility index (Phi) is 1.65. The van der Waals surface area contributed by atoms with Crippen molar-refractivity contribution in [2.45, 2.75) is 37.5 Å². The topological polar surface area (TPSA) is 55.4 Å². The first-order chi connectivity index (χ1) is 5.74. The van der Waals surface area contributed by atoms with E-state index in [1.165, 1.54) is 0 Å². The molecule has 2 atom stereocenters. The van der Waals surface area contributed by atoms with Crippen LogP contribution in [0.3, 0.4) is 0 Å². The van der Waals surface area contributed by atoms with E-state index >= 15 is 0 Å². The number of carbonyl (C=O) groups excluding carboxylic acids is 2. The second kappa shape index (κ2) is 2.55. The number of carbonyl (C=O) groups is 2. The number of ether oxygens (including phenoxy) is 1.